The van der Waals surface area contributed by atoms with Gasteiger partial charge in [0.25, 0.3) is 5.56 Å². The van der Waals surface area contributed by atoms with Crippen LogP contribution >= 0.6 is 0 Å². The molecule has 2 atom stereocenters. The van der Waals surface area contributed by atoms with E-state index in [1.165, 1.54) is 6.20 Å². The maximum absolute atomic E-state index is 11.4. The lowest BCUT2D eigenvalue weighted by Gasteiger charge is -2.29. The third kappa shape index (κ3) is 2.33. The summed E-state index contributed by atoms with van der Waals surface area (Å²) in [5.74, 6) is 0. The van der Waals surface area contributed by atoms with E-state index >= 15 is 0 Å². The first-order valence-corrected chi connectivity index (χ1v) is 5.51. The number of aromatic nitrogens is 2. The highest BCUT2D eigenvalue weighted by Gasteiger charge is 2.22. The van der Waals surface area contributed by atoms with E-state index in [4.69, 9.17) is 5.73 Å². The predicted octanol–water partition coefficient (Wildman–Crippen LogP) is -0.255. The Balaban J connectivity index is 2.14. The predicted molar refractivity (Wildman–Crippen MR) is 61.5 cm³/mol. The van der Waals surface area contributed by atoms with Crippen molar-refractivity contribution in [2.75, 3.05) is 5.32 Å². The molecule has 1 heterocycles. The molecule has 0 amide bonds. The van der Waals surface area contributed by atoms with E-state index in [-0.39, 0.29) is 12.1 Å². The Bertz CT molecular complexity index is 464. The summed E-state index contributed by atoms with van der Waals surface area (Å²) in [6, 6.07) is 0.181. The summed E-state index contributed by atoms with van der Waals surface area (Å²) in [7, 11) is 0. The molecule has 6 heteroatoms. The molecule has 5 N–H and O–H groups in total. The highest BCUT2D eigenvalue weighted by atomic mass is 16.2. The topological polar surface area (TPSA) is 104 Å². The first-order chi connectivity index (χ1) is 7.66. The molecular formula is C10H16N4O2. The summed E-state index contributed by atoms with van der Waals surface area (Å²) in [5.41, 5.74) is 5.44. The van der Waals surface area contributed by atoms with Gasteiger partial charge in [0.1, 0.15) is 5.69 Å². The zero-order valence-corrected chi connectivity index (χ0v) is 8.95. The van der Waals surface area contributed by atoms with Gasteiger partial charge in [0.05, 0.1) is 0 Å². The average Bonchev–Trinajstić information content (AvgIpc) is 2.25. The van der Waals surface area contributed by atoms with Crippen LogP contribution in [0.15, 0.2) is 15.8 Å². The minimum atomic E-state index is -0.497. The highest BCUT2D eigenvalue weighted by Crippen LogP contribution is 2.19. The molecular weight excluding hydrogens is 208 g/mol. The number of H-pyrrole nitrogens is 2. The van der Waals surface area contributed by atoms with Crippen LogP contribution in [0.4, 0.5) is 5.69 Å². The van der Waals surface area contributed by atoms with Gasteiger partial charge >= 0.3 is 5.69 Å². The van der Waals surface area contributed by atoms with Crippen molar-refractivity contribution >= 4 is 5.69 Å². The maximum atomic E-state index is 11.4. The van der Waals surface area contributed by atoms with Gasteiger partial charge in [-0.05, 0) is 12.8 Å². The Labute approximate surface area is 92.3 Å². The van der Waals surface area contributed by atoms with Crippen LogP contribution in [0.25, 0.3) is 0 Å². The smallest absolute Gasteiger partial charge is 0.325 e. The summed E-state index contributed by atoms with van der Waals surface area (Å²) in [6.45, 7) is 0. The van der Waals surface area contributed by atoms with Gasteiger partial charge in [-0.1, -0.05) is 12.8 Å². The Hall–Kier alpha value is -1.56. The van der Waals surface area contributed by atoms with Gasteiger partial charge in [0.2, 0.25) is 0 Å². The zero-order chi connectivity index (χ0) is 11.5. The van der Waals surface area contributed by atoms with E-state index in [1.54, 1.807) is 0 Å². The van der Waals surface area contributed by atoms with Gasteiger partial charge in [-0.15, -0.1) is 0 Å². The number of anilines is 1. The van der Waals surface area contributed by atoms with E-state index in [0.29, 0.717) is 5.69 Å². The summed E-state index contributed by atoms with van der Waals surface area (Å²) in [6.07, 6.45) is 5.58. The number of aromatic amines is 2. The molecule has 1 aliphatic carbocycles. The van der Waals surface area contributed by atoms with Crippen molar-refractivity contribution in [3.8, 4) is 0 Å². The van der Waals surface area contributed by atoms with Crippen LogP contribution < -0.4 is 22.3 Å². The lowest BCUT2D eigenvalue weighted by Crippen LogP contribution is -2.44. The fourth-order valence-electron chi connectivity index (χ4n) is 2.06. The Morgan fingerprint density at radius 3 is 2.75 bits per heavy atom. The van der Waals surface area contributed by atoms with E-state index in [2.05, 4.69) is 15.3 Å². The molecule has 0 radical (unpaired) electrons. The largest absolute Gasteiger partial charge is 0.375 e. The average molecular weight is 224 g/mol. The van der Waals surface area contributed by atoms with Gasteiger partial charge in [-0.25, -0.2) is 4.79 Å². The fraction of sp³-hybridized carbons (Fsp3) is 0.600. The standard InChI is InChI=1S/C10H16N4O2/c11-6-3-1-2-4-7(6)13-8-5-12-10(16)14-9(8)15/h5-7,13H,1-4,11H2,(H2,12,14,15,16)/t6-,7+/m0/s1. The minimum absolute atomic E-state index is 0.0695. The Morgan fingerprint density at radius 2 is 2.06 bits per heavy atom. The second-order valence-corrected chi connectivity index (χ2v) is 4.18. The molecule has 88 valence electrons. The fourth-order valence-corrected chi connectivity index (χ4v) is 2.06. The van der Waals surface area contributed by atoms with E-state index < -0.39 is 11.2 Å². The van der Waals surface area contributed by atoms with Crippen LogP contribution in [0.5, 0.6) is 0 Å². The van der Waals surface area contributed by atoms with Crippen molar-refractivity contribution in [2.45, 2.75) is 37.8 Å². The number of nitrogens with one attached hydrogen (secondary N) is 3. The number of nitrogens with two attached hydrogens (primary N) is 1. The van der Waals surface area contributed by atoms with Gasteiger partial charge in [-0.2, -0.15) is 0 Å². The van der Waals surface area contributed by atoms with E-state index in [0.717, 1.165) is 25.7 Å². The van der Waals surface area contributed by atoms with Crippen LogP contribution in [-0.2, 0) is 0 Å². The number of rotatable bonds is 2. The second-order valence-electron chi connectivity index (χ2n) is 4.18. The summed E-state index contributed by atoms with van der Waals surface area (Å²) < 4.78 is 0. The van der Waals surface area contributed by atoms with Crippen LogP contribution in [0, 0.1) is 0 Å². The van der Waals surface area contributed by atoms with Crippen molar-refractivity contribution in [3.05, 3.63) is 27.0 Å². The van der Waals surface area contributed by atoms with Gasteiger partial charge < -0.3 is 16.0 Å². The minimum Gasteiger partial charge on any atom is -0.375 e. The number of hydrogen-bond acceptors (Lipinski definition) is 4. The maximum Gasteiger partial charge on any atom is 0.325 e. The lowest BCUT2D eigenvalue weighted by atomic mass is 9.91. The van der Waals surface area contributed by atoms with Crippen molar-refractivity contribution < 1.29 is 0 Å². The van der Waals surface area contributed by atoms with Gasteiger partial charge in [0.15, 0.2) is 0 Å². The van der Waals surface area contributed by atoms with Crippen LogP contribution in [0.1, 0.15) is 25.7 Å². The Kier molecular flexibility index (Phi) is 3.09. The highest BCUT2D eigenvalue weighted by molar-refractivity contribution is 5.39. The molecule has 1 aliphatic rings. The molecule has 6 nitrogen and oxygen atoms in total. The molecule has 1 aromatic heterocycles. The molecule has 0 unspecified atom stereocenters. The van der Waals surface area contributed by atoms with Gasteiger partial charge in [-0.3, -0.25) is 9.78 Å². The van der Waals surface area contributed by atoms with E-state index in [9.17, 15) is 9.59 Å². The van der Waals surface area contributed by atoms with E-state index in [1.807, 2.05) is 0 Å². The lowest BCUT2D eigenvalue weighted by molar-refractivity contribution is 0.403. The monoisotopic (exact) mass is 224 g/mol. The summed E-state index contributed by atoms with van der Waals surface area (Å²) in [5, 5.41) is 3.09. The third-order valence-corrected chi connectivity index (χ3v) is 2.98. The Morgan fingerprint density at radius 1 is 1.31 bits per heavy atom. The van der Waals surface area contributed by atoms with Crippen molar-refractivity contribution in [1.29, 1.82) is 0 Å². The molecule has 1 aromatic rings. The van der Waals surface area contributed by atoms with Crippen LogP contribution in [0.3, 0.4) is 0 Å². The van der Waals surface area contributed by atoms with Crippen molar-refractivity contribution in [1.82, 2.24) is 9.97 Å². The molecule has 1 saturated carbocycles. The SMILES string of the molecule is N[C@H]1CCCC[C@H]1Nc1c[nH]c(=O)[nH]c1=O. The van der Waals surface area contributed by atoms with Crippen LogP contribution in [-0.4, -0.2) is 22.1 Å². The molecule has 1 fully saturated rings. The first-order valence-electron chi connectivity index (χ1n) is 5.51. The molecule has 0 bridgehead atoms. The zero-order valence-electron chi connectivity index (χ0n) is 8.95. The summed E-state index contributed by atoms with van der Waals surface area (Å²) in [4.78, 5) is 26.9. The normalized spacial score (nSPS) is 25.3. The summed E-state index contributed by atoms with van der Waals surface area (Å²) >= 11 is 0. The molecule has 2 rings (SSSR count). The third-order valence-electron chi connectivity index (χ3n) is 2.98. The molecule has 0 aromatic carbocycles. The second kappa shape index (κ2) is 4.52. The molecule has 16 heavy (non-hydrogen) atoms. The quantitative estimate of drug-likeness (QED) is 0.555. The molecule has 0 spiro atoms. The van der Waals surface area contributed by atoms with Crippen molar-refractivity contribution in [3.63, 3.8) is 0 Å². The first kappa shape index (κ1) is 10.9. The number of hydrogen-bond donors (Lipinski definition) is 4. The van der Waals surface area contributed by atoms with Gasteiger partial charge in [0, 0.05) is 18.3 Å². The molecule has 0 saturated heterocycles. The molecule has 0 aliphatic heterocycles. The van der Waals surface area contributed by atoms with Crippen molar-refractivity contribution in [2.24, 2.45) is 5.73 Å². The van der Waals surface area contributed by atoms with Crippen LogP contribution in [0.2, 0.25) is 0 Å².